The summed E-state index contributed by atoms with van der Waals surface area (Å²) in [6.07, 6.45) is 1.85. The molecule has 5 nitrogen and oxygen atoms in total. The van der Waals surface area contributed by atoms with Crippen LogP contribution in [0.1, 0.15) is 37.0 Å². The van der Waals surface area contributed by atoms with Crippen LogP contribution in [-0.4, -0.2) is 41.9 Å². The smallest absolute Gasteiger partial charge is 0.251 e. The zero-order valence-electron chi connectivity index (χ0n) is 13.6. The maximum Gasteiger partial charge on any atom is 0.251 e. The molecule has 23 heavy (non-hydrogen) atoms. The molecule has 2 unspecified atom stereocenters. The Balaban J connectivity index is 1.92. The molecule has 0 saturated carbocycles. The zero-order valence-corrected chi connectivity index (χ0v) is 15.2. The third kappa shape index (κ3) is 4.54. The van der Waals surface area contributed by atoms with Crippen LogP contribution in [0.3, 0.4) is 0 Å². The second-order valence-corrected chi connectivity index (χ2v) is 7.23. The highest BCUT2D eigenvalue weighted by molar-refractivity contribution is 9.10. The first-order chi connectivity index (χ1) is 10.9. The minimum absolute atomic E-state index is 0.0135. The van der Waals surface area contributed by atoms with Crippen LogP contribution in [0, 0.1) is 5.92 Å². The summed E-state index contributed by atoms with van der Waals surface area (Å²) in [5.74, 6) is -0.0218. The predicted molar refractivity (Wildman–Crippen MR) is 94.0 cm³/mol. The third-order valence-electron chi connectivity index (χ3n) is 4.27. The molecule has 126 valence electrons. The number of nitrogens with zero attached hydrogens (tertiary/aromatic N) is 1. The van der Waals surface area contributed by atoms with Crippen LogP contribution < -0.4 is 11.1 Å². The predicted octanol–water partition coefficient (Wildman–Crippen LogP) is 2.15. The quantitative estimate of drug-likeness (QED) is 0.820. The second kappa shape index (κ2) is 7.93. The van der Waals surface area contributed by atoms with Gasteiger partial charge in [0.15, 0.2) is 0 Å². The minimum atomic E-state index is -0.474. The maximum absolute atomic E-state index is 12.4. The number of likely N-dealkylation sites (tertiary alicyclic amines) is 1. The summed E-state index contributed by atoms with van der Waals surface area (Å²) < 4.78 is 0.935. The fraction of sp³-hybridized carbons (Fsp3) is 0.529. The Morgan fingerprint density at radius 3 is 2.61 bits per heavy atom. The Labute approximate surface area is 145 Å². The van der Waals surface area contributed by atoms with E-state index in [0.29, 0.717) is 12.1 Å². The van der Waals surface area contributed by atoms with Gasteiger partial charge in [-0.25, -0.2) is 0 Å². The van der Waals surface area contributed by atoms with E-state index in [1.54, 1.807) is 12.1 Å². The van der Waals surface area contributed by atoms with E-state index < -0.39 is 6.04 Å². The van der Waals surface area contributed by atoms with Gasteiger partial charge in [-0.15, -0.1) is 0 Å². The van der Waals surface area contributed by atoms with Crippen molar-refractivity contribution in [2.24, 2.45) is 11.7 Å². The van der Waals surface area contributed by atoms with E-state index in [0.717, 1.165) is 23.9 Å². The minimum Gasteiger partial charge on any atom is -0.350 e. The highest BCUT2D eigenvalue weighted by atomic mass is 79.9. The summed E-state index contributed by atoms with van der Waals surface area (Å²) in [4.78, 5) is 26.4. The molecule has 0 aromatic heterocycles. The first-order valence-electron chi connectivity index (χ1n) is 8.00. The number of halogens is 1. The van der Waals surface area contributed by atoms with Gasteiger partial charge in [0, 0.05) is 29.2 Å². The topological polar surface area (TPSA) is 75.4 Å². The standard InChI is InChI=1S/C17H24BrN3O2/c1-11(2)15(19)17(23)21-9-3-4-14(21)10-20-16(22)12-5-7-13(18)8-6-12/h5-8,11,14-15H,3-4,9-10,19H2,1-2H3,(H,20,22). The highest BCUT2D eigenvalue weighted by Gasteiger charge is 2.32. The molecule has 1 fully saturated rings. The van der Waals surface area contributed by atoms with Gasteiger partial charge in [-0.3, -0.25) is 9.59 Å². The molecule has 1 aromatic carbocycles. The number of rotatable bonds is 5. The molecule has 1 aliphatic rings. The van der Waals surface area contributed by atoms with Crippen LogP contribution >= 0.6 is 15.9 Å². The number of carbonyl (C=O) groups is 2. The molecule has 2 rings (SSSR count). The fourth-order valence-electron chi connectivity index (χ4n) is 2.73. The summed E-state index contributed by atoms with van der Waals surface area (Å²) >= 11 is 3.35. The number of nitrogens with two attached hydrogens (primary N) is 1. The van der Waals surface area contributed by atoms with Crippen molar-refractivity contribution < 1.29 is 9.59 Å². The van der Waals surface area contributed by atoms with Crippen molar-refractivity contribution in [3.05, 3.63) is 34.3 Å². The molecule has 6 heteroatoms. The lowest BCUT2D eigenvalue weighted by atomic mass is 10.0. The summed E-state index contributed by atoms with van der Waals surface area (Å²) in [5, 5.41) is 2.92. The molecular formula is C17H24BrN3O2. The number of hydrogen-bond acceptors (Lipinski definition) is 3. The van der Waals surface area contributed by atoms with Crippen molar-refractivity contribution in [2.45, 2.75) is 38.8 Å². The van der Waals surface area contributed by atoms with Gasteiger partial charge < -0.3 is 16.0 Å². The Morgan fingerprint density at radius 2 is 2.00 bits per heavy atom. The van der Waals surface area contributed by atoms with Crippen molar-refractivity contribution >= 4 is 27.7 Å². The van der Waals surface area contributed by atoms with E-state index in [-0.39, 0.29) is 23.8 Å². The van der Waals surface area contributed by atoms with E-state index >= 15 is 0 Å². The van der Waals surface area contributed by atoms with Crippen LogP contribution in [-0.2, 0) is 4.79 Å². The lowest BCUT2D eigenvalue weighted by Gasteiger charge is -2.29. The van der Waals surface area contributed by atoms with E-state index in [1.807, 2.05) is 30.9 Å². The van der Waals surface area contributed by atoms with Gasteiger partial charge in [0.1, 0.15) is 0 Å². The van der Waals surface area contributed by atoms with Crippen LogP contribution in [0.25, 0.3) is 0 Å². The van der Waals surface area contributed by atoms with Gasteiger partial charge in [-0.2, -0.15) is 0 Å². The first kappa shape index (κ1) is 17.9. The number of amides is 2. The molecule has 1 aliphatic heterocycles. The molecule has 0 radical (unpaired) electrons. The van der Waals surface area contributed by atoms with Gasteiger partial charge in [0.05, 0.1) is 6.04 Å². The Morgan fingerprint density at radius 1 is 1.35 bits per heavy atom. The average Bonchev–Trinajstić information content (AvgIpc) is 3.00. The van der Waals surface area contributed by atoms with E-state index in [2.05, 4.69) is 21.2 Å². The molecule has 2 amide bonds. The van der Waals surface area contributed by atoms with Crippen molar-refractivity contribution in [3.63, 3.8) is 0 Å². The van der Waals surface area contributed by atoms with Gasteiger partial charge >= 0.3 is 0 Å². The molecule has 1 heterocycles. The summed E-state index contributed by atoms with van der Waals surface area (Å²) in [7, 11) is 0. The van der Waals surface area contributed by atoms with Crippen molar-refractivity contribution in [3.8, 4) is 0 Å². The van der Waals surface area contributed by atoms with Crippen molar-refractivity contribution in [1.82, 2.24) is 10.2 Å². The molecular weight excluding hydrogens is 358 g/mol. The average molecular weight is 382 g/mol. The van der Waals surface area contributed by atoms with Crippen LogP contribution in [0.5, 0.6) is 0 Å². The van der Waals surface area contributed by atoms with Gasteiger partial charge in [0.2, 0.25) is 5.91 Å². The molecule has 3 N–H and O–H groups in total. The normalized spacial score (nSPS) is 19.0. The lowest BCUT2D eigenvalue weighted by Crippen LogP contribution is -2.51. The van der Waals surface area contributed by atoms with Crippen molar-refractivity contribution in [1.29, 1.82) is 0 Å². The molecule has 0 bridgehead atoms. The van der Waals surface area contributed by atoms with Gasteiger partial charge in [-0.1, -0.05) is 29.8 Å². The third-order valence-corrected chi connectivity index (χ3v) is 4.80. The Bertz CT molecular complexity index is 559. The number of hydrogen-bond donors (Lipinski definition) is 2. The van der Waals surface area contributed by atoms with Crippen LogP contribution in [0.4, 0.5) is 0 Å². The molecule has 0 aliphatic carbocycles. The fourth-order valence-corrected chi connectivity index (χ4v) is 2.99. The van der Waals surface area contributed by atoms with Crippen LogP contribution in [0.2, 0.25) is 0 Å². The number of carbonyl (C=O) groups excluding carboxylic acids is 2. The molecule has 1 aromatic rings. The molecule has 1 saturated heterocycles. The summed E-state index contributed by atoms with van der Waals surface area (Å²) in [5.41, 5.74) is 6.59. The van der Waals surface area contributed by atoms with Crippen LogP contribution in [0.15, 0.2) is 28.7 Å². The number of benzene rings is 1. The lowest BCUT2D eigenvalue weighted by molar-refractivity contribution is -0.134. The number of nitrogens with one attached hydrogen (secondary N) is 1. The highest BCUT2D eigenvalue weighted by Crippen LogP contribution is 2.19. The molecule has 0 spiro atoms. The second-order valence-electron chi connectivity index (χ2n) is 6.31. The SMILES string of the molecule is CC(C)C(N)C(=O)N1CCCC1CNC(=O)c1ccc(Br)cc1. The van der Waals surface area contributed by atoms with Gasteiger partial charge in [0.25, 0.3) is 5.91 Å². The zero-order chi connectivity index (χ0) is 17.0. The van der Waals surface area contributed by atoms with E-state index in [4.69, 9.17) is 5.73 Å². The maximum atomic E-state index is 12.4. The van der Waals surface area contributed by atoms with E-state index in [1.165, 1.54) is 0 Å². The first-order valence-corrected chi connectivity index (χ1v) is 8.79. The van der Waals surface area contributed by atoms with Crippen molar-refractivity contribution in [2.75, 3.05) is 13.1 Å². The summed E-state index contributed by atoms with van der Waals surface area (Å²) in [6, 6.07) is 6.77. The monoisotopic (exact) mass is 381 g/mol. The van der Waals surface area contributed by atoms with E-state index in [9.17, 15) is 9.59 Å². The van der Waals surface area contributed by atoms with Gasteiger partial charge in [-0.05, 0) is 43.0 Å². The summed E-state index contributed by atoms with van der Waals surface area (Å²) in [6.45, 7) is 5.08. The largest absolute Gasteiger partial charge is 0.350 e. The molecule has 2 atom stereocenters. The Hall–Kier alpha value is -1.40. The Kier molecular flexibility index (Phi) is 6.18.